The molecule has 0 bridgehead atoms. The molecular weight excluding hydrogens is 270 g/mol. The van der Waals surface area contributed by atoms with Gasteiger partial charge in [0.2, 0.25) is 0 Å². The maximum absolute atomic E-state index is 12.4. The van der Waals surface area contributed by atoms with Crippen LogP contribution in [0.4, 0.5) is 0 Å². The van der Waals surface area contributed by atoms with Crippen molar-refractivity contribution in [1.29, 1.82) is 0 Å². The average Bonchev–Trinajstić information content (AvgIpc) is 2.47. The van der Waals surface area contributed by atoms with Gasteiger partial charge in [-0.25, -0.2) is 0 Å². The van der Waals surface area contributed by atoms with E-state index in [9.17, 15) is 4.79 Å². The molecule has 1 N–H and O–H groups in total. The number of nitrogens with one attached hydrogen (secondary N) is 1. The van der Waals surface area contributed by atoms with Gasteiger partial charge in [0.1, 0.15) is 0 Å². The predicted octanol–water partition coefficient (Wildman–Crippen LogP) is 4.07. The van der Waals surface area contributed by atoms with Gasteiger partial charge >= 0.3 is 0 Å². The van der Waals surface area contributed by atoms with Gasteiger partial charge in [-0.3, -0.25) is 4.79 Å². The van der Waals surface area contributed by atoms with E-state index in [0.717, 1.165) is 28.8 Å². The van der Waals surface area contributed by atoms with Crippen LogP contribution in [-0.4, -0.2) is 11.3 Å². The van der Waals surface area contributed by atoms with E-state index in [1.165, 1.54) is 5.56 Å². The van der Waals surface area contributed by atoms with Gasteiger partial charge in [0, 0.05) is 16.7 Å². The highest BCUT2D eigenvalue weighted by Gasteiger charge is 2.30. The molecular formula is C20H21NO. The number of hydrogen-bond acceptors (Lipinski definition) is 2. The number of rotatable bonds is 2. The van der Waals surface area contributed by atoms with Crippen LogP contribution in [0.3, 0.4) is 0 Å². The largest absolute Gasteiger partial charge is 0.379 e. The Balaban J connectivity index is 2.28. The molecule has 1 aliphatic heterocycles. The van der Waals surface area contributed by atoms with Crippen molar-refractivity contribution in [3.63, 3.8) is 0 Å². The molecule has 2 aromatic rings. The molecule has 1 heterocycles. The van der Waals surface area contributed by atoms with Crippen molar-refractivity contribution >= 4 is 17.1 Å². The number of Topliss-reactive ketones (excluding diaryl/α,β-unsaturated/α-hetero) is 1. The second-order valence-electron chi connectivity index (χ2n) is 6.52. The minimum absolute atomic E-state index is 0.0703. The first-order chi connectivity index (χ1) is 10.5. The maximum Gasteiger partial charge on any atom is 0.162 e. The fraction of sp³-hybridized carbons (Fsp3) is 0.250. The van der Waals surface area contributed by atoms with Gasteiger partial charge in [0.25, 0.3) is 0 Å². The minimum atomic E-state index is -0.0703. The molecule has 0 saturated carbocycles. The number of allylic oxidation sites excluding steroid dienone is 1. The number of carbonyl (C=O) groups is 1. The maximum atomic E-state index is 12.4. The summed E-state index contributed by atoms with van der Waals surface area (Å²) in [6, 6.07) is 18.2. The van der Waals surface area contributed by atoms with E-state index in [1.807, 2.05) is 36.4 Å². The van der Waals surface area contributed by atoms with Crippen molar-refractivity contribution in [1.82, 2.24) is 5.32 Å². The van der Waals surface area contributed by atoms with Gasteiger partial charge in [-0.1, -0.05) is 54.6 Å². The van der Waals surface area contributed by atoms with Crippen LogP contribution in [-0.2, 0) is 11.2 Å². The minimum Gasteiger partial charge on any atom is -0.379 e. The first-order valence-corrected chi connectivity index (χ1v) is 7.65. The van der Waals surface area contributed by atoms with Gasteiger partial charge in [-0.15, -0.1) is 0 Å². The lowest BCUT2D eigenvalue weighted by atomic mass is 9.83. The van der Waals surface area contributed by atoms with E-state index in [2.05, 4.69) is 37.4 Å². The molecule has 0 radical (unpaired) electrons. The number of carbonyl (C=O) groups excluding carboxylic acids is 1. The zero-order chi connectivity index (χ0) is 15.7. The second-order valence-corrected chi connectivity index (χ2v) is 6.52. The summed E-state index contributed by atoms with van der Waals surface area (Å²) in [4.78, 5) is 12.4. The zero-order valence-corrected chi connectivity index (χ0v) is 13.3. The topological polar surface area (TPSA) is 29.1 Å². The highest BCUT2D eigenvalue weighted by molar-refractivity contribution is 6.27. The monoisotopic (exact) mass is 291 g/mol. The summed E-state index contributed by atoms with van der Waals surface area (Å²) in [5.74, 6) is 0.0844. The van der Waals surface area contributed by atoms with Crippen molar-refractivity contribution in [2.24, 2.45) is 0 Å². The molecule has 0 aliphatic carbocycles. The van der Waals surface area contributed by atoms with Crippen LogP contribution in [0, 0.1) is 0 Å². The van der Waals surface area contributed by atoms with Gasteiger partial charge in [0.05, 0.1) is 5.70 Å². The van der Waals surface area contributed by atoms with Crippen molar-refractivity contribution < 1.29 is 4.79 Å². The average molecular weight is 291 g/mol. The summed E-state index contributed by atoms with van der Waals surface area (Å²) >= 11 is 0. The van der Waals surface area contributed by atoms with Crippen LogP contribution < -0.4 is 5.32 Å². The van der Waals surface area contributed by atoms with Gasteiger partial charge < -0.3 is 5.32 Å². The highest BCUT2D eigenvalue weighted by atomic mass is 16.1. The van der Waals surface area contributed by atoms with Crippen molar-refractivity contribution in [3.8, 4) is 0 Å². The molecule has 0 unspecified atom stereocenters. The van der Waals surface area contributed by atoms with E-state index in [1.54, 1.807) is 6.92 Å². The normalized spacial score (nSPS) is 18.1. The summed E-state index contributed by atoms with van der Waals surface area (Å²) in [6.07, 6.45) is 0.951. The first kappa shape index (κ1) is 14.6. The fourth-order valence-corrected chi connectivity index (χ4v) is 3.17. The molecule has 0 saturated heterocycles. The predicted molar refractivity (Wildman–Crippen MR) is 91.3 cm³/mol. The lowest BCUT2D eigenvalue weighted by Gasteiger charge is -2.36. The summed E-state index contributed by atoms with van der Waals surface area (Å²) in [6.45, 7) is 5.98. The summed E-state index contributed by atoms with van der Waals surface area (Å²) in [7, 11) is 0. The van der Waals surface area contributed by atoms with Crippen molar-refractivity contribution in [2.75, 3.05) is 0 Å². The molecule has 2 aromatic carbocycles. The summed E-state index contributed by atoms with van der Waals surface area (Å²) in [5.41, 5.74) is 5.03. The van der Waals surface area contributed by atoms with E-state index in [-0.39, 0.29) is 11.3 Å². The lowest BCUT2D eigenvalue weighted by molar-refractivity contribution is -0.111. The third-order valence-corrected chi connectivity index (χ3v) is 4.05. The molecule has 0 aromatic heterocycles. The van der Waals surface area contributed by atoms with Crippen molar-refractivity contribution in [2.45, 2.75) is 32.7 Å². The van der Waals surface area contributed by atoms with E-state index >= 15 is 0 Å². The first-order valence-electron chi connectivity index (χ1n) is 7.65. The lowest BCUT2D eigenvalue weighted by Crippen LogP contribution is -2.44. The number of hydrogen-bond donors (Lipinski definition) is 1. The Hall–Kier alpha value is -2.35. The summed E-state index contributed by atoms with van der Waals surface area (Å²) in [5, 5.41) is 3.59. The Morgan fingerprint density at radius 1 is 1.00 bits per heavy atom. The molecule has 112 valence electrons. The van der Waals surface area contributed by atoms with E-state index in [0.29, 0.717) is 0 Å². The molecule has 0 fully saturated rings. The van der Waals surface area contributed by atoms with Crippen LogP contribution >= 0.6 is 0 Å². The zero-order valence-electron chi connectivity index (χ0n) is 13.3. The Kier molecular flexibility index (Phi) is 3.61. The standard InChI is InChI=1S/C20H21NO/c1-14(22)18(15-9-5-4-6-10-15)19-17-12-8-7-11-16(17)13-20(2,3)21-19/h4-12,21H,13H2,1-3H3. The van der Waals surface area contributed by atoms with Crippen LogP contribution in [0.5, 0.6) is 0 Å². The fourth-order valence-electron chi connectivity index (χ4n) is 3.17. The smallest absolute Gasteiger partial charge is 0.162 e. The van der Waals surface area contributed by atoms with E-state index in [4.69, 9.17) is 0 Å². The van der Waals surface area contributed by atoms with Crippen LogP contribution in [0.25, 0.3) is 11.3 Å². The summed E-state index contributed by atoms with van der Waals surface area (Å²) < 4.78 is 0. The Morgan fingerprint density at radius 2 is 1.64 bits per heavy atom. The molecule has 2 heteroatoms. The number of benzene rings is 2. The molecule has 0 spiro atoms. The Morgan fingerprint density at radius 3 is 2.32 bits per heavy atom. The highest BCUT2D eigenvalue weighted by Crippen LogP contribution is 2.34. The molecule has 0 atom stereocenters. The van der Waals surface area contributed by atoms with Crippen molar-refractivity contribution in [3.05, 3.63) is 71.3 Å². The molecule has 0 amide bonds. The van der Waals surface area contributed by atoms with E-state index < -0.39 is 0 Å². The van der Waals surface area contributed by atoms with Gasteiger partial charge in [-0.2, -0.15) is 0 Å². The van der Waals surface area contributed by atoms with Gasteiger partial charge in [0.15, 0.2) is 5.78 Å². The third-order valence-electron chi connectivity index (χ3n) is 4.05. The molecule has 1 aliphatic rings. The molecule has 2 nitrogen and oxygen atoms in total. The number of ketones is 1. The van der Waals surface area contributed by atoms with Gasteiger partial charge in [-0.05, 0) is 38.3 Å². The molecule has 22 heavy (non-hydrogen) atoms. The SMILES string of the molecule is CC(=O)C(=C1NC(C)(C)Cc2ccccc21)c1ccccc1. The Labute approximate surface area is 131 Å². The van der Waals surface area contributed by atoms with Crippen LogP contribution in [0.2, 0.25) is 0 Å². The van der Waals surface area contributed by atoms with Crippen LogP contribution in [0.15, 0.2) is 54.6 Å². The quantitative estimate of drug-likeness (QED) is 0.845. The third kappa shape index (κ3) is 2.69. The number of fused-ring (bicyclic) bond motifs is 1. The molecule has 3 rings (SSSR count). The Bertz CT molecular complexity index is 741. The second kappa shape index (κ2) is 5.45. The van der Waals surface area contributed by atoms with Crippen LogP contribution in [0.1, 0.15) is 37.5 Å².